The number of rotatable bonds is 8. The maximum atomic E-state index is 13.8. The highest BCUT2D eigenvalue weighted by molar-refractivity contribution is 5.27. The lowest BCUT2D eigenvalue weighted by Crippen LogP contribution is -2.30. The predicted octanol–water partition coefficient (Wildman–Crippen LogP) is 8.61. The Bertz CT molecular complexity index is 898. The van der Waals surface area contributed by atoms with Crippen molar-refractivity contribution in [3.63, 3.8) is 0 Å². The van der Waals surface area contributed by atoms with Crippen LogP contribution in [0.25, 0.3) is 0 Å². The topological polar surface area (TPSA) is 47.6 Å². The Balaban J connectivity index is 0.000000371. The number of halogens is 7. The Kier molecular flexibility index (Phi) is 13.1. The van der Waals surface area contributed by atoms with Gasteiger partial charge in [-0.3, -0.25) is 0 Å². The molecule has 0 heterocycles. The van der Waals surface area contributed by atoms with Crippen molar-refractivity contribution < 1.29 is 30.7 Å². The van der Waals surface area contributed by atoms with E-state index < -0.39 is 36.8 Å². The maximum Gasteiger partial charge on any atom is 0.389 e. The van der Waals surface area contributed by atoms with E-state index in [-0.39, 0.29) is 49.9 Å². The Hall–Kier alpha value is -2.65. The Morgan fingerprint density at radius 2 is 1.35 bits per heavy atom. The van der Waals surface area contributed by atoms with E-state index in [0.717, 1.165) is 18.4 Å². The van der Waals surface area contributed by atoms with Gasteiger partial charge in [-0.25, -0.2) is 4.39 Å². The average Bonchev–Trinajstić information content (AvgIpc) is 2.84. The van der Waals surface area contributed by atoms with E-state index in [1.807, 2.05) is 6.08 Å². The average molecular weight is 531 g/mol. The summed E-state index contributed by atoms with van der Waals surface area (Å²) in [6, 6.07) is 4.20. The largest absolute Gasteiger partial charge is 0.389 e. The molecule has 204 valence electrons. The summed E-state index contributed by atoms with van der Waals surface area (Å²) in [5.74, 6) is 4.10. The molecule has 3 unspecified atom stereocenters. The molecule has 0 aromatic rings. The minimum atomic E-state index is -4.18. The molecule has 2 aliphatic rings. The summed E-state index contributed by atoms with van der Waals surface area (Å²) in [7, 11) is 0. The SMILES string of the molecule is C#CC1(F)CCC(C(C#N)CCCC(F)(F)F)CC1.C#CC1=CCC(C(C#N)CCCC(F)(F)F)CC1. The van der Waals surface area contributed by atoms with Crippen LogP contribution < -0.4 is 0 Å². The van der Waals surface area contributed by atoms with Crippen LogP contribution in [0.3, 0.4) is 0 Å². The van der Waals surface area contributed by atoms with E-state index in [2.05, 4.69) is 24.0 Å². The summed E-state index contributed by atoms with van der Waals surface area (Å²) < 4.78 is 86.0. The third-order valence-corrected chi connectivity index (χ3v) is 7.14. The highest BCUT2D eigenvalue weighted by Crippen LogP contribution is 2.39. The first-order chi connectivity index (χ1) is 17.3. The van der Waals surface area contributed by atoms with Crippen LogP contribution in [-0.4, -0.2) is 18.0 Å². The molecule has 0 aliphatic heterocycles. The van der Waals surface area contributed by atoms with Gasteiger partial charge in [-0.15, -0.1) is 12.8 Å². The monoisotopic (exact) mass is 530 g/mol. The van der Waals surface area contributed by atoms with Gasteiger partial charge in [0.1, 0.15) is 0 Å². The number of alkyl halides is 7. The molecular weight excluding hydrogens is 497 g/mol. The van der Waals surface area contributed by atoms with Crippen LogP contribution >= 0.6 is 0 Å². The van der Waals surface area contributed by atoms with Crippen LogP contribution in [0.5, 0.6) is 0 Å². The first-order valence-corrected chi connectivity index (χ1v) is 12.5. The van der Waals surface area contributed by atoms with Crippen molar-refractivity contribution in [2.75, 3.05) is 0 Å². The van der Waals surface area contributed by atoms with E-state index in [9.17, 15) is 30.7 Å². The molecule has 2 aliphatic carbocycles. The third kappa shape index (κ3) is 12.9. The fourth-order valence-electron chi connectivity index (χ4n) is 4.85. The minimum absolute atomic E-state index is 0.0317. The van der Waals surface area contributed by atoms with Crippen molar-refractivity contribution in [3.05, 3.63) is 11.6 Å². The molecular formula is C28H33F7N2. The van der Waals surface area contributed by atoms with Crippen LogP contribution in [0.4, 0.5) is 30.7 Å². The van der Waals surface area contributed by atoms with E-state index >= 15 is 0 Å². The van der Waals surface area contributed by atoms with Crippen LogP contribution in [0.15, 0.2) is 11.6 Å². The minimum Gasteiger partial charge on any atom is -0.230 e. The number of terminal acetylenes is 2. The summed E-state index contributed by atoms with van der Waals surface area (Å²) in [5, 5.41) is 18.1. The van der Waals surface area contributed by atoms with Crippen molar-refractivity contribution in [2.24, 2.45) is 23.7 Å². The summed E-state index contributed by atoms with van der Waals surface area (Å²) >= 11 is 0. The van der Waals surface area contributed by atoms with Crippen LogP contribution in [0.1, 0.15) is 83.5 Å². The molecule has 0 amide bonds. The van der Waals surface area contributed by atoms with E-state index in [4.69, 9.17) is 23.4 Å². The molecule has 0 spiro atoms. The van der Waals surface area contributed by atoms with Crippen LogP contribution in [-0.2, 0) is 0 Å². The molecule has 9 heteroatoms. The molecule has 0 saturated heterocycles. The van der Waals surface area contributed by atoms with Crippen molar-refractivity contribution in [3.8, 4) is 36.8 Å². The van der Waals surface area contributed by atoms with Crippen LogP contribution in [0.2, 0.25) is 0 Å². The molecule has 0 N–H and O–H groups in total. The number of allylic oxidation sites excluding steroid dienone is 2. The molecule has 2 rings (SSSR count). The van der Waals surface area contributed by atoms with Gasteiger partial charge in [-0.2, -0.15) is 36.9 Å². The number of nitriles is 2. The van der Waals surface area contributed by atoms with E-state index in [0.29, 0.717) is 25.7 Å². The van der Waals surface area contributed by atoms with Gasteiger partial charge in [-0.05, 0) is 88.0 Å². The predicted molar refractivity (Wildman–Crippen MR) is 127 cm³/mol. The van der Waals surface area contributed by atoms with Gasteiger partial charge in [0.05, 0.1) is 12.1 Å². The molecule has 37 heavy (non-hydrogen) atoms. The highest BCUT2D eigenvalue weighted by atomic mass is 19.4. The quantitative estimate of drug-likeness (QED) is 0.233. The second-order valence-electron chi connectivity index (χ2n) is 9.84. The number of hydrogen-bond donors (Lipinski definition) is 0. The highest BCUT2D eigenvalue weighted by Gasteiger charge is 2.37. The standard InChI is InChI=1S/C14H17F4N.C14H16F3N/c1-2-13(15)8-5-11(6-9-13)12(10-19)4-3-7-14(16,17)18;1-2-11-5-7-12(8-6-11)13(10-18)4-3-9-14(15,16)17/h1,11-12H,3-9H2;1,5,12-13H,3-4,6-9H2. The van der Waals surface area contributed by atoms with Crippen molar-refractivity contribution in [2.45, 2.75) is 101 Å². The zero-order valence-corrected chi connectivity index (χ0v) is 20.8. The normalized spacial score (nSPS) is 25.5. The molecule has 1 fully saturated rings. The zero-order chi connectivity index (χ0) is 28.1. The second-order valence-corrected chi connectivity index (χ2v) is 9.84. The third-order valence-electron chi connectivity index (χ3n) is 7.14. The molecule has 0 radical (unpaired) electrons. The lowest BCUT2D eigenvalue weighted by molar-refractivity contribution is -0.137. The lowest BCUT2D eigenvalue weighted by Gasteiger charge is -2.32. The summed E-state index contributed by atoms with van der Waals surface area (Å²) in [5.41, 5.74) is -0.652. The first kappa shape index (κ1) is 32.4. The molecule has 0 aromatic heterocycles. The lowest BCUT2D eigenvalue weighted by atomic mass is 9.74. The molecule has 3 atom stereocenters. The summed E-state index contributed by atoms with van der Waals surface area (Å²) in [4.78, 5) is 0. The second kappa shape index (κ2) is 14.9. The van der Waals surface area contributed by atoms with Gasteiger partial charge in [-0.1, -0.05) is 17.9 Å². The van der Waals surface area contributed by atoms with Gasteiger partial charge in [0.2, 0.25) is 0 Å². The Morgan fingerprint density at radius 1 is 0.865 bits per heavy atom. The fraction of sp³-hybridized carbons (Fsp3) is 0.714. The zero-order valence-electron chi connectivity index (χ0n) is 20.8. The number of hydrogen-bond acceptors (Lipinski definition) is 2. The Morgan fingerprint density at radius 3 is 1.70 bits per heavy atom. The van der Waals surface area contributed by atoms with Crippen molar-refractivity contribution in [1.82, 2.24) is 0 Å². The smallest absolute Gasteiger partial charge is 0.230 e. The number of nitrogens with zero attached hydrogens (tertiary/aromatic N) is 2. The van der Waals surface area contributed by atoms with Crippen LogP contribution in [0, 0.1) is 71.0 Å². The maximum absolute atomic E-state index is 13.8. The van der Waals surface area contributed by atoms with Gasteiger partial charge in [0, 0.05) is 24.7 Å². The first-order valence-electron chi connectivity index (χ1n) is 12.5. The summed E-state index contributed by atoms with van der Waals surface area (Å²) in [6.45, 7) is 0. The van der Waals surface area contributed by atoms with Crippen molar-refractivity contribution >= 4 is 0 Å². The van der Waals surface area contributed by atoms with Gasteiger partial charge >= 0.3 is 12.4 Å². The van der Waals surface area contributed by atoms with Crippen molar-refractivity contribution in [1.29, 1.82) is 10.5 Å². The molecule has 1 saturated carbocycles. The molecule has 0 bridgehead atoms. The van der Waals surface area contributed by atoms with Gasteiger partial charge in [0.25, 0.3) is 0 Å². The summed E-state index contributed by atoms with van der Waals surface area (Å²) in [6.07, 6.45) is 6.50. The molecule has 2 nitrogen and oxygen atoms in total. The van der Waals surface area contributed by atoms with Gasteiger partial charge in [0.15, 0.2) is 5.67 Å². The fourth-order valence-corrected chi connectivity index (χ4v) is 4.85. The van der Waals surface area contributed by atoms with E-state index in [1.165, 1.54) is 0 Å². The van der Waals surface area contributed by atoms with Gasteiger partial charge < -0.3 is 0 Å². The van der Waals surface area contributed by atoms with E-state index in [1.54, 1.807) is 0 Å². The molecule has 0 aromatic carbocycles. The Labute approximate surface area is 215 Å².